The topological polar surface area (TPSA) is 101 Å². The highest BCUT2D eigenvalue weighted by molar-refractivity contribution is 6.09. The van der Waals surface area contributed by atoms with Crippen molar-refractivity contribution in [3.8, 4) is 0 Å². The van der Waals surface area contributed by atoms with Gasteiger partial charge in [-0.15, -0.1) is 0 Å². The monoisotopic (exact) mass is 383 g/mol. The second kappa shape index (κ2) is 9.35. The molecule has 2 aromatic carbocycles. The average Bonchev–Trinajstić information content (AvgIpc) is 2.65. The molecule has 2 aromatic rings. The fraction of sp³-hybridized carbons (Fsp3) is 0.409. The Kier molecular flexibility index (Phi) is 7.15. The van der Waals surface area contributed by atoms with E-state index in [1.54, 1.807) is 6.92 Å². The molecule has 0 bridgehead atoms. The van der Waals surface area contributed by atoms with Crippen molar-refractivity contribution in [2.24, 2.45) is 11.7 Å². The lowest BCUT2D eigenvalue weighted by atomic mass is 9.94. The summed E-state index contributed by atoms with van der Waals surface area (Å²) in [5.41, 5.74) is 6.43. The number of nitrogens with one attached hydrogen (secondary N) is 2. The lowest BCUT2D eigenvalue weighted by Gasteiger charge is -2.21. The van der Waals surface area contributed by atoms with Crippen molar-refractivity contribution in [3.05, 3.63) is 47.5 Å². The molecule has 0 saturated carbocycles. The van der Waals surface area contributed by atoms with E-state index in [4.69, 9.17) is 5.73 Å². The first-order chi connectivity index (χ1) is 13.2. The number of nitrogens with two attached hydrogens (primary N) is 1. The maximum absolute atomic E-state index is 13.0. The van der Waals surface area contributed by atoms with Gasteiger partial charge < -0.3 is 16.4 Å². The maximum atomic E-state index is 13.0. The number of fused-ring (bicyclic) bond motifs is 1. The molecule has 0 unspecified atom stereocenters. The fourth-order valence-corrected chi connectivity index (χ4v) is 3.05. The van der Waals surface area contributed by atoms with Gasteiger partial charge in [-0.25, -0.2) is 0 Å². The van der Waals surface area contributed by atoms with Gasteiger partial charge in [-0.1, -0.05) is 50.2 Å². The molecule has 0 spiro atoms. The van der Waals surface area contributed by atoms with Crippen molar-refractivity contribution < 1.29 is 14.4 Å². The van der Waals surface area contributed by atoms with Crippen LogP contribution in [0.2, 0.25) is 0 Å². The molecule has 6 heteroatoms. The van der Waals surface area contributed by atoms with Crippen LogP contribution in [0.4, 0.5) is 0 Å². The minimum absolute atomic E-state index is 0.0498. The molecule has 0 aliphatic rings. The molecule has 2 rings (SSSR count). The van der Waals surface area contributed by atoms with Crippen LogP contribution in [-0.4, -0.2) is 23.8 Å². The minimum Gasteiger partial charge on any atom is -0.368 e. The van der Waals surface area contributed by atoms with Crippen LogP contribution in [0.15, 0.2) is 36.4 Å². The third-order valence-electron chi connectivity index (χ3n) is 4.76. The third-order valence-corrected chi connectivity index (χ3v) is 4.76. The van der Waals surface area contributed by atoms with Crippen LogP contribution in [0.25, 0.3) is 10.8 Å². The molecule has 0 fully saturated rings. The van der Waals surface area contributed by atoms with E-state index in [0.717, 1.165) is 17.2 Å². The third kappa shape index (κ3) is 5.31. The van der Waals surface area contributed by atoms with Gasteiger partial charge >= 0.3 is 0 Å². The van der Waals surface area contributed by atoms with Gasteiger partial charge in [0.2, 0.25) is 11.8 Å². The molecular weight excluding hydrogens is 354 g/mol. The molecule has 0 saturated heterocycles. The van der Waals surface area contributed by atoms with Crippen molar-refractivity contribution in [3.63, 3.8) is 0 Å². The van der Waals surface area contributed by atoms with Crippen LogP contribution in [-0.2, 0) is 9.59 Å². The fourth-order valence-electron chi connectivity index (χ4n) is 3.05. The SMILES string of the molecule is CC(C)CCC(=O)N[C@@H](C)c1ccc2ccccc2c1C(=O)N[C@@H](C)C(N)=O. The highest BCUT2D eigenvalue weighted by Crippen LogP contribution is 2.27. The summed E-state index contributed by atoms with van der Waals surface area (Å²) in [6.07, 6.45) is 1.25. The average molecular weight is 383 g/mol. The Hall–Kier alpha value is -2.89. The van der Waals surface area contributed by atoms with Gasteiger partial charge in [-0.2, -0.15) is 0 Å². The van der Waals surface area contributed by atoms with Gasteiger partial charge in [0.15, 0.2) is 0 Å². The largest absolute Gasteiger partial charge is 0.368 e. The Bertz CT molecular complexity index is 876. The first-order valence-corrected chi connectivity index (χ1v) is 9.61. The number of primary amides is 1. The van der Waals surface area contributed by atoms with Crippen molar-refractivity contribution in [1.82, 2.24) is 10.6 Å². The quantitative estimate of drug-likeness (QED) is 0.653. The summed E-state index contributed by atoms with van der Waals surface area (Å²) in [6, 6.07) is 10.1. The molecular formula is C22H29N3O3. The van der Waals surface area contributed by atoms with Crippen LogP contribution in [0.5, 0.6) is 0 Å². The number of hydrogen-bond donors (Lipinski definition) is 3. The van der Waals surface area contributed by atoms with E-state index in [-0.39, 0.29) is 17.9 Å². The van der Waals surface area contributed by atoms with Crippen molar-refractivity contribution >= 4 is 28.5 Å². The van der Waals surface area contributed by atoms with Crippen LogP contribution < -0.4 is 16.4 Å². The van der Waals surface area contributed by atoms with E-state index in [1.807, 2.05) is 43.3 Å². The lowest BCUT2D eigenvalue weighted by Crippen LogP contribution is -2.42. The highest BCUT2D eigenvalue weighted by Gasteiger charge is 2.22. The molecule has 4 N–H and O–H groups in total. The number of hydrogen-bond acceptors (Lipinski definition) is 3. The number of carbonyl (C=O) groups excluding carboxylic acids is 3. The van der Waals surface area contributed by atoms with E-state index in [1.165, 1.54) is 0 Å². The molecule has 6 nitrogen and oxygen atoms in total. The number of benzene rings is 2. The molecule has 3 amide bonds. The van der Waals surface area contributed by atoms with Gasteiger partial charge in [0, 0.05) is 6.42 Å². The Labute approximate surface area is 165 Å². The zero-order valence-electron chi connectivity index (χ0n) is 16.9. The van der Waals surface area contributed by atoms with Crippen LogP contribution in [0.3, 0.4) is 0 Å². The first-order valence-electron chi connectivity index (χ1n) is 9.61. The molecule has 0 heterocycles. The predicted octanol–water partition coefficient (Wildman–Crippen LogP) is 3.06. The summed E-state index contributed by atoms with van der Waals surface area (Å²) in [5.74, 6) is -0.601. The van der Waals surface area contributed by atoms with Gasteiger partial charge in [0.25, 0.3) is 5.91 Å². The number of rotatable bonds is 8. The number of carbonyl (C=O) groups is 3. The van der Waals surface area contributed by atoms with E-state index in [0.29, 0.717) is 23.5 Å². The normalized spacial score (nSPS) is 13.2. The molecule has 0 aliphatic heterocycles. The molecule has 2 atom stereocenters. The Balaban J connectivity index is 2.38. The first kappa shape index (κ1) is 21.4. The lowest BCUT2D eigenvalue weighted by molar-refractivity contribution is -0.122. The molecule has 150 valence electrons. The van der Waals surface area contributed by atoms with Crippen molar-refractivity contribution in [2.75, 3.05) is 0 Å². The Morgan fingerprint density at radius 3 is 2.29 bits per heavy atom. The van der Waals surface area contributed by atoms with Crippen LogP contribution in [0, 0.1) is 5.92 Å². The molecule has 0 aliphatic carbocycles. The van der Waals surface area contributed by atoms with E-state index >= 15 is 0 Å². The zero-order valence-corrected chi connectivity index (χ0v) is 16.9. The zero-order chi connectivity index (χ0) is 20.8. The van der Waals surface area contributed by atoms with Crippen LogP contribution >= 0.6 is 0 Å². The molecule has 28 heavy (non-hydrogen) atoms. The van der Waals surface area contributed by atoms with E-state index < -0.39 is 11.9 Å². The smallest absolute Gasteiger partial charge is 0.252 e. The van der Waals surface area contributed by atoms with Gasteiger partial charge in [0.05, 0.1) is 11.6 Å². The second-order valence-electron chi connectivity index (χ2n) is 7.57. The van der Waals surface area contributed by atoms with Crippen LogP contribution in [0.1, 0.15) is 62.5 Å². The minimum atomic E-state index is -0.796. The summed E-state index contributed by atoms with van der Waals surface area (Å²) in [7, 11) is 0. The summed E-state index contributed by atoms with van der Waals surface area (Å²) < 4.78 is 0. The summed E-state index contributed by atoms with van der Waals surface area (Å²) in [6.45, 7) is 7.54. The van der Waals surface area contributed by atoms with Gasteiger partial charge in [-0.05, 0) is 42.5 Å². The van der Waals surface area contributed by atoms with Crippen molar-refractivity contribution in [2.45, 2.75) is 52.6 Å². The molecule has 0 aromatic heterocycles. The predicted molar refractivity (Wildman–Crippen MR) is 111 cm³/mol. The maximum Gasteiger partial charge on any atom is 0.252 e. The summed E-state index contributed by atoms with van der Waals surface area (Å²) in [4.78, 5) is 36.6. The Morgan fingerprint density at radius 1 is 0.964 bits per heavy atom. The van der Waals surface area contributed by atoms with E-state index in [2.05, 4.69) is 24.5 Å². The Morgan fingerprint density at radius 2 is 1.64 bits per heavy atom. The second-order valence-corrected chi connectivity index (χ2v) is 7.57. The summed E-state index contributed by atoms with van der Waals surface area (Å²) in [5, 5.41) is 7.29. The highest BCUT2D eigenvalue weighted by atomic mass is 16.2. The summed E-state index contributed by atoms with van der Waals surface area (Å²) >= 11 is 0. The van der Waals surface area contributed by atoms with Crippen molar-refractivity contribution in [1.29, 1.82) is 0 Å². The van der Waals surface area contributed by atoms with Gasteiger partial charge in [0.1, 0.15) is 6.04 Å². The van der Waals surface area contributed by atoms with Gasteiger partial charge in [-0.3, -0.25) is 14.4 Å². The standard InChI is InChI=1S/C22H29N3O3/c1-13(2)9-12-19(26)24-14(3)17-11-10-16-7-5-6-8-18(16)20(17)22(28)25-15(4)21(23)27/h5-8,10-11,13-15H,9,12H2,1-4H3,(H2,23,27)(H,24,26)(H,25,28)/t14-,15-/m0/s1. The molecule has 0 radical (unpaired) electrons. The number of amides is 3. The van der Waals surface area contributed by atoms with E-state index in [9.17, 15) is 14.4 Å².